The quantitative estimate of drug-likeness (QED) is 0.625. The fraction of sp³-hybridized carbons (Fsp3) is 0.556. The van der Waals surface area contributed by atoms with Crippen molar-refractivity contribution < 1.29 is 9.59 Å². The van der Waals surface area contributed by atoms with Gasteiger partial charge in [-0.05, 0) is 13.8 Å². The predicted molar refractivity (Wildman–Crippen MR) is 47.7 cm³/mol. The van der Waals surface area contributed by atoms with Crippen LogP contribution in [-0.2, 0) is 9.59 Å². The molecular weight excluding hydrogens is 154 g/mol. The van der Waals surface area contributed by atoms with E-state index in [2.05, 4.69) is 11.9 Å². The molecule has 1 amide bonds. The molecule has 0 fully saturated rings. The monoisotopic (exact) mass is 169 g/mol. The number of Topliss-reactive ketones (excluding diaryl/α,β-unsaturated/α-hetero) is 1. The van der Waals surface area contributed by atoms with Crippen LogP contribution in [0.2, 0.25) is 0 Å². The Morgan fingerprint density at radius 3 is 2.25 bits per heavy atom. The maximum Gasteiger partial charge on any atom is 0.220 e. The van der Waals surface area contributed by atoms with Crippen molar-refractivity contribution >= 4 is 11.7 Å². The number of rotatable bonds is 5. The summed E-state index contributed by atoms with van der Waals surface area (Å²) in [4.78, 5) is 21.4. The van der Waals surface area contributed by atoms with Crippen LogP contribution < -0.4 is 5.32 Å². The lowest BCUT2D eigenvalue weighted by Gasteiger charge is -2.02. The minimum atomic E-state index is -0.0896. The van der Waals surface area contributed by atoms with Crippen LogP contribution >= 0.6 is 0 Å². The topological polar surface area (TPSA) is 46.2 Å². The summed E-state index contributed by atoms with van der Waals surface area (Å²) >= 11 is 0. The molecule has 0 aromatic carbocycles. The second kappa shape index (κ2) is 5.52. The number of carbonyl (C=O) groups is 2. The maximum atomic E-state index is 10.9. The molecule has 1 N–H and O–H groups in total. The number of carbonyl (C=O) groups excluding carboxylic acids is 2. The third-order valence-electron chi connectivity index (χ3n) is 1.29. The lowest BCUT2D eigenvalue weighted by molar-refractivity contribution is -0.124. The summed E-state index contributed by atoms with van der Waals surface area (Å²) in [6.07, 6.45) is 0.602. The van der Waals surface area contributed by atoms with E-state index >= 15 is 0 Å². The summed E-state index contributed by atoms with van der Waals surface area (Å²) in [6, 6.07) is 0. The molecule has 0 aromatic rings. The van der Waals surface area contributed by atoms with Crippen LogP contribution in [0.25, 0.3) is 0 Å². The lowest BCUT2D eigenvalue weighted by atomic mass is 10.2. The predicted octanol–water partition coefficient (Wildman–Crippen LogP) is 1.05. The average Bonchev–Trinajstić information content (AvgIpc) is 1.96. The summed E-state index contributed by atoms with van der Waals surface area (Å²) < 4.78 is 0. The molecule has 0 aromatic heterocycles. The first kappa shape index (κ1) is 10.9. The van der Waals surface area contributed by atoms with E-state index in [0.717, 1.165) is 5.57 Å². The van der Waals surface area contributed by atoms with Gasteiger partial charge in [-0.15, -0.1) is 0 Å². The van der Waals surface area contributed by atoms with Crippen molar-refractivity contribution in [2.45, 2.75) is 26.7 Å². The van der Waals surface area contributed by atoms with Gasteiger partial charge in [0.15, 0.2) is 0 Å². The molecule has 0 aliphatic heterocycles. The van der Waals surface area contributed by atoms with E-state index in [0.29, 0.717) is 13.0 Å². The number of hydrogen-bond acceptors (Lipinski definition) is 2. The third kappa shape index (κ3) is 6.99. The minimum Gasteiger partial charge on any atom is -0.352 e. The molecular formula is C9H15NO2. The molecule has 0 saturated heterocycles. The molecule has 0 spiro atoms. The highest BCUT2D eigenvalue weighted by atomic mass is 16.2. The van der Waals surface area contributed by atoms with Gasteiger partial charge in [0.05, 0.1) is 0 Å². The highest BCUT2D eigenvalue weighted by Gasteiger charge is 2.01. The smallest absolute Gasteiger partial charge is 0.220 e. The molecule has 68 valence electrons. The molecule has 0 saturated carbocycles. The Bertz CT molecular complexity index is 177. The summed E-state index contributed by atoms with van der Waals surface area (Å²) in [7, 11) is 0. The van der Waals surface area contributed by atoms with Crippen molar-refractivity contribution in [2.24, 2.45) is 0 Å². The van der Waals surface area contributed by atoms with E-state index in [-0.39, 0.29) is 18.1 Å². The number of ketones is 1. The van der Waals surface area contributed by atoms with Crippen LogP contribution in [0.5, 0.6) is 0 Å². The number of amides is 1. The largest absolute Gasteiger partial charge is 0.352 e. The van der Waals surface area contributed by atoms with E-state index in [1.807, 2.05) is 6.92 Å². The van der Waals surface area contributed by atoms with Crippen molar-refractivity contribution in [2.75, 3.05) is 6.54 Å². The molecule has 3 heteroatoms. The Hall–Kier alpha value is -1.12. The van der Waals surface area contributed by atoms with Gasteiger partial charge in [-0.2, -0.15) is 0 Å². The zero-order valence-corrected chi connectivity index (χ0v) is 7.64. The summed E-state index contributed by atoms with van der Waals surface area (Å²) in [5.74, 6) is -0.0475. The highest BCUT2D eigenvalue weighted by molar-refractivity contribution is 5.83. The second-order valence-electron chi connectivity index (χ2n) is 2.94. The van der Waals surface area contributed by atoms with Gasteiger partial charge >= 0.3 is 0 Å². The van der Waals surface area contributed by atoms with Crippen molar-refractivity contribution in [3.05, 3.63) is 12.2 Å². The summed E-state index contributed by atoms with van der Waals surface area (Å²) in [5.41, 5.74) is 0.908. The van der Waals surface area contributed by atoms with Crippen molar-refractivity contribution in [1.29, 1.82) is 0 Å². The molecule has 0 radical (unpaired) electrons. The molecule has 0 unspecified atom stereocenters. The maximum absolute atomic E-state index is 10.9. The first-order chi connectivity index (χ1) is 5.52. The van der Waals surface area contributed by atoms with Gasteiger partial charge in [0.25, 0.3) is 0 Å². The fourth-order valence-corrected chi connectivity index (χ4v) is 0.627. The minimum absolute atomic E-state index is 0.0421. The standard InChI is InChI=1S/C9H15NO2/c1-7(2)6-10-9(12)5-4-8(3)11/h1,4-6H2,2-3H3,(H,10,12). The first-order valence-electron chi connectivity index (χ1n) is 3.93. The van der Waals surface area contributed by atoms with Gasteiger partial charge < -0.3 is 10.1 Å². The van der Waals surface area contributed by atoms with Gasteiger partial charge in [0.2, 0.25) is 5.91 Å². The van der Waals surface area contributed by atoms with Crippen molar-refractivity contribution in [3.8, 4) is 0 Å². The van der Waals surface area contributed by atoms with E-state index in [1.54, 1.807) is 0 Å². The van der Waals surface area contributed by atoms with Crippen LogP contribution in [0, 0.1) is 0 Å². The number of hydrogen-bond donors (Lipinski definition) is 1. The van der Waals surface area contributed by atoms with E-state index in [4.69, 9.17) is 0 Å². The molecule has 0 aliphatic rings. The Morgan fingerprint density at radius 2 is 1.83 bits per heavy atom. The van der Waals surface area contributed by atoms with Crippen LogP contribution in [0.1, 0.15) is 26.7 Å². The van der Waals surface area contributed by atoms with Crippen molar-refractivity contribution in [3.63, 3.8) is 0 Å². The fourth-order valence-electron chi connectivity index (χ4n) is 0.627. The normalized spacial score (nSPS) is 9.17. The number of nitrogens with one attached hydrogen (secondary N) is 1. The molecule has 0 bridgehead atoms. The molecule has 0 heterocycles. The van der Waals surface area contributed by atoms with Gasteiger partial charge in [-0.25, -0.2) is 0 Å². The zero-order chi connectivity index (χ0) is 9.56. The molecule has 0 aliphatic carbocycles. The summed E-state index contributed by atoms with van der Waals surface area (Å²) in [5, 5.41) is 2.65. The zero-order valence-electron chi connectivity index (χ0n) is 7.64. The molecule has 0 atom stereocenters. The Kier molecular flexibility index (Phi) is 5.00. The Morgan fingerprint density at radius 1 is 1.25 bits per heavy atom. The Labute approximate surface area is 72.8 Å². The first-order valence-corrected chi connectivity index (χ1v) is 3.93. The van der Waals surface area contributed by atoms with Gasteiger partial charge in [-0.1, -0.05) is 12.2 Å². The third-order valence-corrected chi connectivity index (χ3v) is 1.29. The molecule has 0 rings (SSSR count). The van der Waals surface area contributed by atoms with Crippen LogP contribution in [0.3, 0.4) is 0 Å². The summed E-state index contributed by atoms with van der Waals surface area (Å²) in [6.45, 7) is 7.45. The Balaban J connectivity index is 3.47. The van der Waals surface area contributed by atoms with E-state index in [1.165, 1.54) is 6.92 Å². The van der Waals surface area contributed by atoms with Crippen molar-refractivity contribution in [1.82, 2.24) is 5.32 Å². The van der Waals surface area contributed by atoms with Crippen LogP contribution in [-0.4, -0.2) is 18.2 Å². The van der Waals surface area contributed by atoms with Gasteiger partial charge in [0.1, 0.15) is 5.78 Å². The van der Waals surface area contributed by atoms with E-state index < -0.39 is 0 Å². The van der Waals surface area contributed by atoms with Gasteiger partial charge in [0, 0.05) is 19.4 Å². The SMILES string of the molecule is C=C(C)CNC(=O)CCC(C)=O. The molecule has 3 nitrogen and oxygen atoms in total. The average molecular weight is 169 g/mol. The van der Waals surface area contributed by atoms with Crippen LogP contribution in [0.4, 0.5) is 0 Å². The van der Waals surface area contributed by atoms with E-state index in [9.17, 15) is 9.59 Å². The highest BCUT2D eigenvalue weighted by Crippen LogP contribution is 1.90. The van der Waals surface area contributed by atoms with Gasteiger partial charge in [-0.3, -0.25) is 4.79 Å². The lowest BCUT2D eigenvalue weighted by Crippen LogP contribution is -2.24. The molecule has 12 heavy (non-hydrogen) atoms. The van der Waals surface area contributed by atoms with Crippen LogP contribution in [0.15, 0.2) is 12.2 Å². The second-order valence-corrected chi connectivity index (χ2v) is 2.94.